The van der Waals surface area contributed by atoms with Gasteiger partial charge in [-0.15, -0.1) is 24.0 Å². The molecule has 7 nitrogen and oxygen atoms in total. The minimum Gasteiger partial charge on any atom is -0.497 e. The summed E-state index contributed by atoms with van der Waals surface area (Å²) < 4.78 is 5.31. The van der Waals surface area contributed by atoms with Crippen LogP contribution in [0, 0.1) is 0 Å². The summed E-state index contributed by atoms with van der Waals surface area (Å²) in [6, 6.07) is 8.13. The summed E-state index contributed by atoms with van der Waals surface area (Å²) in [5, 5.41) is 3.29. The Morgan fingerprint density at radius 2 is 1.96 bits per heavy atom. The monoisotopic (exact) mass is 475 g/mol. The van der Waals surface area contributed by atoms with Crippen LogP contribution in [-0.4, -0.2) is 82.1 Å². The number of guanidine groups is 1. The summed E-state index contributed by atoms with van der Waals surface area (Å²) in [4.78, 5) is 22.4. The van der Waals surface area contributed by atoms with Crippen molar-refractivity contribution in [3.63, 3.8) is 0 Å². The second-order valence-corrected chi connectivity index (χ2v) is 6.13. The van der Waals surface area contributed by atoms with E-state index >= 15 is 0 Å². The number of methoxy groups -OCH3 is 1. The summed E-state index contributed by atoms with van der Waals surface area (Å²) in [5.74, 6) is 1.69. The number of carbonyl (C=O) groups excluding carboxylic acids is 1. The lowest BCUT2D eigenvalue weighted by Crippen LogP contribution is -2.52. The number of rotatable bonds is 5. The van der Waals surface area contributed by atoms with Crippen molar-refractivity contribution < 1.29 is 9.53 Å². The topological polar surface area (TPSA) is 60.4 Å². The maximum Gasteiger partial charge on any atom is 0.243 e. The van der Waals surface area contributed by atoms with Crippen LogP contribution < -0.4 is 15.0 Å². The molecule has 1 heterocycles. The van der Waals surface area contributed by atoms with E-state index in [-0.39, 0.29) is 36.4 Å². The molecule has 1 aliphatic heterocycles. The van der Waals surface area contributed by atoms with Gasteiger partial charge in [-0.1, -0.05) is 6.07 Å². The number of nitrogens with one attached hydrogen (secondary N) is 1. The lowest BCUT2D eigenvalue weighted by Gasteiger charge is -2.37. The highest BCUT2D eigenvalue weighted by Crippen LogP contribution is 2.22. The van der Waals surface area contributed by atoms with Crippen LogP contribution in [0.4, 0.5) is 5.69 Å². The summed E-state index contributed by atoms with van der Waals surface area (Å²) in [6.07, 6.45) is 0. The van der Waals surface area contributed by atoms with Gasteiger partial charge in [0.25, 0.3) is 0 Å². The molecule has 0 bridgehead atoms. The predicted octanol–water partition coefficient (Wildman–Crippen LogP) is 1.49. The Labute approximate surface area is 173 Å². The SMILES string of the molecule is CCNC(=NCC(=O)N(C)C)N1CCN(c2cccc(OC)c2)CC1.I. The molecule has 0 spiro atoms. The predicted molar refractivity (Wildman–Crippen MR) is 117 cm³/mol. The van der Waals surface area contributed by atoms with Gasteiger partial charge in [-0.3, -0.25) is 4.79 Å². The fourth-order valence-electron chi connectivity index (χ4n) is 2.69. The molecule has 146 valence electrons. The van der Waals surface area contributed by atoms with Crippen molar-refractivity contribution in [1.82, 2.24) is 15.1 Å². The normalized spacial score (nSPS) is 14.5. The molecular weight excluding hydrogens is 445 g/mol. The van der Waals surface area contributed by atoms with Crippen molar-refractivity contribution >= 4 is 41.5 Å². The Kier molecular flexibility index (Phi) is 9.53. The van der Waals surface area contributed by atoms with Crippen molar-refractivity contribution in [2.75, 3.05) is 65.4 Å². The first-order valence-corrected chi connectivity index (χ1v) is 8.67. The molecule has 1 fully saturated rings. The van der Waals surface area contributed by atoms with Gasteiger partial charge >= 0.3 is 0 Å². The third kappa shape index (κ3) is 6.22. The Hall–Kier alpha value is -1.71. The van der Waals surface area contributed by atoms with Crippen molar-refractivity contribution in [2.24, 2.45) is 4.99 Å². The van der Waals surface area contributed by atoms with Gasteiger partial charge in [0.05, 0.1) is 7.11 Å². The summed E-state index contributed by atoms with van der Waals surface area (Å²) in [6.45, 7) is 6.52. The number of aliphatic imine (C=N–C) groups is 1. The number of benzene rings is 1. The number of halogens is 1. The zero-order valence-corrected chi connectivity index (χ0v) is 18.4. The van der Waals surface area contributed by atoms with Gasteiger partial charge in [0, 0.05) is 58.6 Å². The van der Waals surface area contributed by atoms with E-state index in [1.54, 1.807) is 26.1 Å². The second kappa shape index (κ2) is 11.1. The molecule has 0 atom stereocenters. The molecule has 1 saturated heterocycles. The number of carbonyl (C=O) groups is 1. The van der Waals surface area contributed by atoms with Crippen LogP contribution >= 0.6 is 24.0 Å². The van der Waals surface area contributed by atoms with Crippen LogP contribution in [0.2, 0.25) is 0 Å². The summed E-state index contributed by atoms with van der Waals surface area (Å²) >= 11 is 0. The van der Waals surface area contributed by atoms with E-state index in [4.69, 9.17) is 4.74 Å². The first-order valence-electron chi connectivity index (χ1n) is 8.67. The van der Waals surface area contributed by atoms with E-state index in [1.165, 1.54) is 5.69 Å². The Morgan fingerprint density at radius 1 is 1.27 bits per heavy atom. The number of anilines is 1. The number of piperazine rings is 1. The lowest BCUT2D eigenvalue weighted by atomic mass is 10.2. The van der Waals surface area contributed by atoms with Gasteiger partial charge in [0.1, 0.15) is 12.3 Å². The minimum atomic E-state index is 0. The molecule has 1 amide bonds. The van der Waals surface area contributed by atoms with E-state index in [2.05, 4.69) is 32.2 Å². The molecule has 1 aliphatic rings. The molecule has 0 aromatic heterocycles. The zero-order chi connectivity index (χ0) is 18.2. The van der Waals surface area contributed by atoms with Gasteiger partial charge in [0.15, 0.2) is 5.96 Å². The van der Waals surface area contributed by atoms with Crippen LogP contribution in [0.25, 0.3) is 0 Å². The third-order valence-corrected chi connectivity index (χ3v) is 4.20. The largest absolute Gasteiger partial charge is 0.497 e. The highest BCUT2D eigenvalue weighted by atomic mass is 127. The third-order valence-electron chi connectivity index (χ3n) is 4.20. The average Bonchev–Trinajstić information content (AvgIpc) is 2.65. The number of hydrogen-bond acceptors (Lipinski definition) is 4. The molecule has 26 heavy (non-hydrogen) atoms. The first kappa shape index (κ1) is 22.3. The molecule has 1 aromatic carbocycles. The van der Waals surface area contributed by atoms with E-state index < -0.39 is 0 Å². The van der Waals surface area contributed by atoms with E-state index in [1.807, 2.05) is 19.1 Å². The summed E-state index contributed by atoms with van der Waals surface area (Å²) in [7, 11) is 5.18. The second-order valence-electron chi connectivity index (χ2n) is 6.13. The molecule has 1 aromatic rings. The van der Waals surface area contributed by atoms with E-state index in [9.17, 15) is 4.79 Å². The van der Waals surface area contributed by atoms with Gasteiger partial charge in [-0.2, -0.15) is 0 Å². The smallest absolute Gasteiger partial charge is 0.243 e. The van der Waals surface area contributed by atoms with Crippen LogP contribution in [-0.2, 0) is 4.79 Å². The number of amides is 1. The van der Waals surface area contributed by atoms with Crippen LogP contribution in [0.3, 0.4) is 0 Å². The van der Waals surface area contributed by atoms with Gasteiger partial charge in [-0.05, 0) is 19.1 Å². The average molecular weight is 475 g/mol. The van der Waals surface area contributed by atoms with Gasteiger partial charge in [0.2, 0.25) is 5.91 Å². The fraction of sp³-hybridized carbons (Fsp3) is 0.556. The van der Waals surface area contributed by atoms with Crippen molar-refractivity contribution in [2.45, 2.75) is 6.92 Å². The number of hydrogen-bond donors (Lipinski definition) is 1. The fourth-order valence-corrected chi connectivity index (χ4v) is 2.69. The molecule has 1 N–H and O–H groups in total. The van der Waals surface area contributed by atoms with E-state index in [0.717, 1.165) is 44.4 Å². The highest BCUT2D eigenvalue weighted by Gasteiger charge is 2.20. The highest BCUT2D eigenvalue weighted by molar-refractivity contribution is 14.0. The molecule has 2 rings (SSSR count). The van der Waals surface area contributed by atoms with Crippen LogP contribution in [0.5, 0.6) is 5.75 Å². The molecule has 0 saturated carbocycles. The number of likely N-dealkylation sites (N-methyl/N-ethyl adjacent to an activating group) is 1. The Balaban J connectivity index is 0.00000338. The maximum absolute atomic E-state index is 11.8. The minimum absolute atomic E-state index is 0. The first-order chi connectivity index (χ1) is 12.0. The van der Waals surface area contributed by atoms with Crippen LogP contribution in [0.15, 0.2) is 29.3 Å². The zero-order valence-electron chi connectivity index (χ0n) is 16.1. The molecule has 0 unspecified atom stereocenters. The maximum atomic E-state index is 11.8. The Bertz CT molecular complexity index is 601. The molecule has 0 aliphatic carbocycles. The Morgan fingerprint density at radius 3 is 2.54 bits per heavy atom. The molecular formula is C18H30IN5O2. The molecule has 8 heteroatoms. The van der Waals surface area contributed by atoms with Crippen LogP contribution in [0.1, 0.15) is 6.92 Å². The number of nitrogens with zero attached hydrogens (tertiary/aromatic N) is 4. The van der Waals surface area contributed by atoms with E-state index in [0.29, 0.717) is 0 Å². The van der Waals surface area contributed by atoms with Gasteiger partial charge < -0.3 is 24.8 Å². The van der Waals surface area contributed by atoms with Crippen molar-refractivity contribution in [3.05, 3.63) is 24.3 Å². The lowest BCUT2D eigenvalue weighted by molar-refractivity contribution is -0.127. The standard InChI is InChI=1S/C18H29N5O2.HI/c1-5-19-18(20-14-17(24)21(2)3)23-11-9-22(10-12-23)15-7-6-8-16(13-15)25-4;/h6-8,13H,5,9-12,14H2,1-4H3,(H,19,20);1H. The van der Waals surface area contributed by atoms with Gasteiger partial charge in [-0.25, -0.2) is 4.99 Å². The van der Waals surface area contributed by atoms with Crippen molar-refractivity contribution in [3.8, 4) is 5.75 Å². The summed E-state index contributed by atoms with van der Waals surface area (Å²) in [5.41, 5.74) is 1.17. The quantitative estimate of drug-likeness (QED) is 0.398. The van der Waals surface area contributed by atoms with Crippen molar-refractivity contribution in [1.29, 1.82) is 0 Å². The number of ether oxygens (including phenoxy) is 1. The molecule has 0 radical (unpaired) electrons.